The Labute approximate surface area is 141 Å². The molecular formula is C19H23FN2O2. The smallest absolute Gasteiger partial charge is 0.264 e. The van der Waals surface area contributed by atoms with Gasteiger partial charge >= 0.3 is 0 Å². The highest BCUT2D eigenvalue weighted by molar-refractivity contribution is 6.04. The summed E-state index contributed by atoms with van der Waals surface area (Å²) in [5.41, 5.74) is 1.50. The van der Waals surface area contributed by atoms with Crippen LogP contribution in [-0.2, 0) is 9.63 Å². The van der Waals surface area contributed by atoms with Crippen LogP contribution >= 0.6 is 0 Å². The van der Waals surface area contributed by atoms with E-state index < -0.39 is 6.10 Å². The first-order valence-electron chi connectivity index (χ1n) is 8.89. The van der Waals surface area contributed by atoms with Gasteiger partial charge in [0.15, 0.2) is 0 Å². The van der Waals surface area contributed by atoms with Gasteiger partial charge in [0.05, 0.1) is 5.71 Å². The van der Waals surface area contributed by atoms with Gasteiger partial charge < -0.3 is 10.2 Å². The molecule has 2 saturated carbocycles. The van der Waals surface area contributed by atoms with Crippen molar-refractivity contribution in [3.8, 4) is 0 Å². The van der Waals surface area contributed by atoms with Crippen LogP contribution < -0.4 is 5.32 Å². The number of fused-ring (bicyclic) bond motifs is 2. The van der Waals surface area contributed by atoms with E-state index >= 15 is 0 Å². The van der Waals surface area contributed by atoms with Crippen LogP contribution in [0.5, 0.6) is 0 Å². The summed E-state index contributed by atoms with van der Waals surface area (Å²) in [5.74, 6) is 1.88. The van der Waals surface area contributed by atoms with Gasteiger partial charge in [-0.25, -0.2) is 4.39 Å². The number of amides is 1. The first-order valence-corrected chi connectivity index (χ1v) is 8.89. The fourth-order valence-electron chi connectivity index (χ4n) is 4.66. The van der Waals surface area contributed by atoms with Crippen LogP contribution in [0.4, 0.5) is 4.39 Å². The van der Waals surface area contributed by atoms with E-state index in [0.717, 1.165) is 17.4 Å². The summed E-state index contributed by atoms with van der Waals surface area (Å²) in [7, 11) is 0. The van der Waals surface area contributed by atoms with Gasteiger partial charge in [-0.05, 0) is 61.6 Å². The second-order valence-electron chi connectivity index (χ2n) is 7.48. The summed E-state index contributed by atoms with van der Waals surface area (Å²) < 4.78 is 13.0. The van der Waals surface area contributed by atoms with Gasteiger partial charge in [-0.3, -0.25) is 4.79 Å². The Balaban J connectivity index is 1.32. The van der Waals surface area contributed by atoms with Crippen LogP contribution in [0.2, 0.25) is 0 Å². The Bertz CT molecular complexity index is 658. The van der Waals surface area contributed by atoms with E-state index in [1.165, 1.54) is 37.8 Å². The maximum atomic E-state index is 13.0. The summed E-state index contributed by atoms with van der Waals surface area (Å²) in [6.45, 7) is 2.11. The first kappa shape index (κ1) is 15.6. The largest absolute Gasteiger partial charge is 0.382 e. The highest BCUT2D eigenvalue weighted by Gasteiger charge is 2.42. The van der Waals surface area contributed by atoms with Crippen LogP contribution in [0.15, 0.2) is 29.4 Å². The number of carbonyl (C=O) groups is 1. The number of nitrogens with one attached hydrogen (secondary N) is 1. The zero-order chi connectivity index (χ0) is 16.7. The third-order valence-electron chi connectivity index (χ3n) is 5.94. The lowest BCUT2D eigenvalue weighted by Crippen LogP contribution is -2.44. The minimum Gasteiger partial charge on any atom is -0.382 e. The third kappa shape index (κ3) is 2.92. The Hall–Kier alpha value is -1.91. The fraction of sp³-hybridized carbons (Fsp3) is 0.579. The molecule has 2 aliphatic carbocycles. The average molecular weight is 330 g/mol. The fourth-order valence-corrected chi connectivity index (χ4v) is 4.66. The molecular weight excluding hydrogens is 307 g/mol. The second kappa shape index (κ2) is 6.19. The molecule has 0 radical (unpaired) electrons. The molecule has 1 aromatic carbocycles. The molecule has 4 rings (SSSR count). The first-order chi connectivity index (χ1) is 11.6. The minimum absolute atomic E-state index is 0.0915. The molecule has 0 aromatic heterocycles. The SMILES string of the molecule is CC(NC(=O)C1CC(c2ccc(F)cc2)=NO1)C1CC2CCC1C2. The Morgan fingerprint density at radius 1 is 1.29 bits per heavy atom. The van der Waals surface area contributed by atoms with E-state index in [4.69, 9.17) is 4.84 Å². The number of carbonyl (C=O) groups excluding carboxylic acids is 1. The van der Waals surface area contributed by atoms with Gasteiger partial charge in [0.1, 0.15) is 5.82 Å². The molecule has 5 unspecified atom stereocenters. The molecule has 3 aliphatic rings. The highest BCUT2D eigenvalue weighted by atomic mass is 19.1. The van der Waals surface area contributed by atoms with Crippen LogP contribution in [0.25, 0.3) is 0 Å². The van der Waals surface area contributed by atoms with Gasteiger partial charge in [-0.15, -0.1) is 0 Å². The minimum atomic E-state index is -0.578. The molecule has 0 spiro atoms. The molecule has 1 heterocycles. The van der Waals surface area contributed by atoms with Gasteiger partial charge in [0.2, 0.25) is 6.10 Å². The number of hydrogen-bond donors (Lipinski definition) is 1. The van der Waals surface area contributed by atoms with Crippen molar-refractivity contribution in [1.82, 2.24) is 5.32 Å². The summed E-state index contributed by atoms with van der Waals surface area (Å²) >= 11 is 0. The lowest BCUT2D eigenvalue weighted by molar-refractivity contribution is -0.132. The van der Waals surface area contributed by atoms with Gasteiger partial charge in [0.25, 0.3) is 5.91 Å². The predicted molar refractivity (Wildman–Crippen MR) is 89.0 cm³/mol. The quantitative estimate of drug-likeness (QED) is 0.921. The number of halogens is 1. The lowest BCUT2D eigenvalue weighted by atomic mass is 9.84. The Morgan fingerprint density at radius 3 is 2.75 bits per heavy atom. The van der Waals surface area contributed by atoms with Crippen molar-refractivity contribution < 1.29 is 14.0 Å². The molecule has 1 amide bonds. The summed E-state index contributed by atoms with van der Waals surface area (Å²) in [5, 5.41) is 7.15. The number of hydrogen-bond acceptors (Lipinski definition) is 3. The number of nitrogens with zero attached hydrogens (tertiary/aromatic N) is 1. The lowest BCUT2D eigenvalue weighted by Gasteiger charge is -2.29. The second-order valence-corrected chi connectivity index (χ2v) is 7.48. The van der Waals surface area contributed by atoms with Crippen molar-refractivity contribution in [1.29, 1.82) is 0 Å². The van der Waals surface area contributed by atoms with Gasteiger partial charge in [0, 0.05) is 12.5 Å². The summed E-state index contributed by atoms with van der Waals surface area (Å²) in [6, 6.07) is 6.29. The van der Waals surface area contributed by atoms with Crippen molar-refractivity contribution in [2.75, 3.05) is 0 Å². The van der Waals surface area contributed by atoms with Crippen LogP contribution in [0.1, 0.15) is 44.6 Å². The van der Waals surface area contributed by atoms with Crippen molar-refractivity contribution in [3.63, 3.8) is 0 Å². The molecule has 24 heavy (non-hydrogen) atoms. The van der Waals surface area contributed by atoms with Crippen molar-refractivity contribution >= 4 is 11.6 Å². The molecule has 5 atom stereocenters. The Kier molecular flexibility index (Phi) is 4.02. The van der Waals surface area contributed by atoms with E-state index in [0.29, 0.717) is 18.1 Å². The predicted octanol–water partition coefficient (Wildman–Crippen LogP) is 3.26. The molecule has 128 valence electrons. The van der Waals surface area contributed by atoms with E-state index in [1.807, 2.05) is 0 Å². The van der Waals surface area contributed by atoms with Gasteiger partial charge in [-0.1, -0.05) is 23.7 Å². The number of benzene rings is 1. The molecule has 1 aromatic rings. The normalized spacial score (nSPS) is 32.3. The summed E-state index contributed by atoms with van der Waals surface area (Å²) in [6.07, 6.45) is 5.11. The van der Waals surface area contributed by atoms with Crippen LogP contribution in [-0.4, -0.2) is 23.8 Å². The van der Waals surface area contributed by atoms with Crippen molar-refractivity contribution in [3.05, 3.63) is 35.6 Å². The zero-order valence-corrected chi connectivity index (χ0v) is 13.9. The van der Waals surface area contributed by atoms with E-state index in [2.05, 4.69) is 17.4 Å². The summed E-state index contributed by atoms with van der Waals surface area (Å²) in [4.78, 5) is 17.8. The van der Waals surface area contributed by atoms with E-state index in [-0.39, 0.29) is 17.8 Å². The average Bonchev–Trinajstić information content (AvgIpc) is 3.31. The number of oxime groups is 1. The molecule has 4 nitrogen and oxygen atoms in total. The highest BCUT2D eigenvalue weighted by Crippen LogP contribution is 2.49. The molecule has 1 N–H and O–H groups in total. The zero-order valence-electron chi connectivity index (χ0n) is 13.9. The molecule has 2 fully saturated rings. The number of rotatable bonds is 4. The topological polar surface area (TPSA) is 50.7 Å². The maximum absolute atomic E-state index is 13.0. The standard InChI is InChI=1S/C19H23FN2O2/c1-11(16-9-12-2-3-14(16)8-12)21-19(23)18-10-17(22-24-18)13-4-6-15(20)7-5-13/h4-7,11-12,14,16,18H,2-3,8-10H2,1H3,(H,21,23). The van der Waals surface area contributed by atoms with Crippen LogP contribution in [0.3, 0.4) is 0 Å². The molecule has 0 saturated heterocycles. The molecule has 1 aliphatic heterocycles. The van der Waals surface area contributed by atoms with Gasteiger partial charge in [-0.2, -0.15) is 0 Å². The third-order valence-corrected chi connectivity index (χ3v) is 5.94. The van der Waals surface area contributed by atoms with E-state index in [1.54, 1.807) is 12.1 Å². The van der Waals surface area contributed by atoms with E-state index in [9.17, 15) is 9.18 Å². The van der Waals surface area contributed by atoms with Crippen molar-refractivity contribution in [2.24, 2.45) is 22.9 Å². The Morgan fingerprint density at radius 2 is 2.08 bits per heavy atom. The molecule has 2 bridgehead atoms. The van der Waals surface area contributed by atoms with Crippen molar-refractivity contribution in [2.45, 2.75) is 51.2 Å². The molecule has 5 heteroatoms. The monoisotopic (exact) mass is 330 g/mol. The maximum Gasteiger partial charge on any atom is 0.264 e. The van der Waals surface area contributed by atoms with Crippen LogP contribution in [0, 0.1) is 23.6 Å².